The van der Waals surface area contributed by atoms with Crippen molar-refractivity contribution < 1.29 is 17.9 Å². The number of nitrogens with two attached hydrogens (primary N) is 1. The van der Waals surface area contributed by atoms with Crippen LogP contribution in [0.5, 0.6) is 0 Å². The molecule has 1 aliphatic rings. The van der Waals surface area contributed by atoms with Crippen LogP contribution >= 0.6 is 0 Å². The van der Waals surface area contributed by atoms with Gasteiger partial charge in [0.2, 0.25) is 15.9 Å². The highest BCUT2D eigenvalue weighted by Gasteiger charge is 2.26. The van der Waals surface area contributed by atoms with Crippen LogP contribution in [0.4, 0.5) is 0 Å². The summed E-state index contributed by atoms with van der Waals surface area (Å²) >= 11 is 0. The van der Waals surface area contributed by atoms with E-state index in [2.05, 4.69) is 0 Å². The minimum Gasteiger partial charge on any atom is -0.379 e. The standard InChI is InChI=1S/C11H14N2O4S/c12-11(14)9-1-3-10(4-2-9)18(15,16)13-5-7-17-8-6-13/h1-4H,5-8H2,(H2,12,14). The summed E-state index contributed by atoms with van der Waals surface area (Å²) in [7, 11) is -3.50. The average Bonchev–Trinajstić information content (AvgIpc) is 2.40. The van der Waals surface area contributed by atoms with E-state index in [1.54, 1.807) is 0 Å². The predicted molar refractivity (Wildman–Crippen MR) is 64.5 cm³/mol. The first kappa shape index (κ1) is 13.0. The molecule has 1 aliphatic heterocycles. The number of morpholine rings is 1. The van der Waals surface area contributed by atoms with Crippen molar-refractivity contribution in [2.75, 3.05) is 26.3 Å². The van der Waals surface area contributed by atoms with Crippen molar-refractivity contribution in [3.05, 3.63) is 29.8 Å². The fourth-order valence-electron chi connectivity index (χ4n) is 1.73. The van der Waals surface area contributed by atoms with Gasteiger partial charge >= 0.3 is 0 Å². The van der Waals surface area contributed by atoms with E-state index in [9.17, 15) is 13.2 Å². The highest BCUT2D eigenvalue weighted by Crippen LogP contribution is 2.17. The zero-order valence-electron chi connectivity index (χ0n) is 9.70. The highest BCUT2D eigenvalue weighted by molar-refractivity contribution is 7.89. The zero-order chi connectivity index (χ0) is 13.2. The largest absolute Gasteiger partial charge is 0.379 e. The highest BCUT2D eigenvalue weighted by atomic mass is 32.2. The monoisotopic (exact) mass is 270 g/mol. The Bertz CT molecular complexity index is 533. The smallest absolute Gasteiger partial charge is 0.248 e. The van der Waals surface area contributed by atoms with Crippen LogP contribution in [-0.2, 0) is 14.8 Å². The van der Waals surface area contributed by atoms with Gasteiger partial charge in [0, 0.05) is 18.7 Å². The van der Waals surface area contributed by atoms with Crippen molar-refractivity contribution in [2.24, 2.45) is 5.73 Å². The fraction of sp³-hybridized carbons (Fsp3) is 0.364. The van der Waals surface area contributed by atoms with E-state index >= 15 is 0 Å². The molecular weight excluding hydrogens is 256 g/mol. The molecule has 6 nitrogen and oxygen atoms in total. The number of sulfonamides is 1. The van der Waals surface area contributed by atoms with E-state index in [-0.39, 0.29) is 10.5 Å². The van der Waals surface area contributed by atoms with Gasteiger partial charge in [0.1, 0.15) is 0 Å². The van der Waals surface area contributed by atoms with Gasteiger partial charge in [-0.1, -0.05) is 0 Å². The lowest BCUT2D eigenvalue weighted by Crippen LogP contribution is -2.40. The third-order valence-electron chi connectivity index (χ3n) is 2.75. The molecule has 2 rings (SSSR count). The van der Waals surface area contributed by atoms with Gasteiger partial charge in [0.05, 0.1) is 18.1 Å². The van der Waals surface area contributed by atoms with E-state index in [0.717, 1.165) is 0 Å². The van der Waals surface area contributed by atoms with Crippen molar-refractivity contribution in [3.8, 4) is 0 Å². The maximum atomic E-state index is 12.2. The molecule has 0 aliphatic carbocycles. The number of rotatable bonds is 3. The number of hydrogen-bond donors (Lipinski definition) is 1. The van der Waals surface area contributed by atoms with Crippen LogP contribution in [0.25, 0.3) is 0 Å². The third kappa shape index (κ3) is 2.53. The van der Waals surface area contributed by atoms with Crippen molar-refractivity contribution in [2.45, 2.75) is 4.90 Å². The summed E-state index contributed by atoms with van der Waals surface area (Å²) in [6.07, 6.45) is 0. The topological polar surface area (TPSA) is 89.7 Å². The molecule has 0 spiro atoms. The molecule has 7 heteroatoms. The molecule has 0 atom stereocenters. The summed E-state index contributed by atoms with van der Waals surface area (Å²) in [5.41, 5.74) is 5.39. The Kier molecular flexibility index (Phi) is 3.65. The Morgan fingerprint density at radius 3 is 2.22 bits per heavy atom. The summed E-state index contributed by atoms with van der Waals surface area (Å²) < 4.78 is 30.9. The molecule has 18 heavy (non-hydrogen) atoms. The average molecular weight is 270 g/mol. The van der Waals surface area contributed by atoms with Crippen LogP contribution in [0.2, 0.25) is 0 Å². The lowest BCUT2D eigenvalue weighted by atomic mass is 10.2. The third-order valence-corrected chi connectivity index (χ3v) is 4.66. The molecule has 0 unspecified atom stereocenters. The summed E-state index contributed by atoms with van der Waals surface area (Å²) in [6, 6.07) is 5.61. The quantitative estimate of drug-likeness (QED) is 0.824. The lowest BCUT2D eigenvalue weighted by molar-refractivity contribution is 0.0730. The van der Waals surface area contributed by atoms with E-state index in [1.807, 2.05) is 0 Å². The molecule has 1 aromatic carbocycles. The molecule has 0 bridgehead atoms. The minimum absolute atomic E-state index is 0.161. The second kappa shape index (κ2) is 5.05. The molecule has 0 radical (unpaired) electrons. The number of ether oxygens (including phenoxy) is 1. The van der Waals surface area contributed by atoms with E-state index in [0.29, 0.717) is 26.3 Å². The zero-order valence-corrected chi connectivity index (χ0v) is 10.5. The number of carbonyl (C=O) groups excluding carboxylic acids is 1. The van der Waals surface area contributed by atoms with Gasteiger partial charge in [-0.3, -0.25) is 4.79 Å². The number of carbonyl (C=O) groups is 1. The van der Waals surface area contributed by atoms with Crippen molar-refractivity contribution in [1.29, 1.82) is 0 Å². The van der Waals surface area contributed by atoms with E-state index < -0.39 is 15.9 Å². The summed E-state index contributed by atoms with van der Waals surface area (Å²) in [5.74, 6) is -0.578. The molecule has 1 saturated heterocycles. The molecule has 0 aromatic heterocycles. The summed E-state index contributed by atoms with van der Waals surface area (Å²) in [4.78, 5) is 11.1. The molecule has 0 saturated carbocycles. The first-order chi connectivity index (χ1) is 8.51. The molecule has 1 aromatic rings. The van der Waals surface area contributed by atoms with Gasteiger partial charge in [-0.2, -0.15) is 4.31 Å². The van der Waals surface area contributed by atoms with Crippen molar-refractivity contribution in [1.82, 2.24) is 4.31 Å². The Morgan fingerprint density at radius 2 is 1.72 bits per heavy atom. The van der Waals surface area contributed by atoms with Crippen LogP contribution < -0.4 is 5.73 Å². The summed E-state index contributed by atoms with van der Waals surface area (Å²) in [5, 5.41) is 0. The number of benzene rings is 1. The maximum absolute atomic E-state index is 12.2. The Hall–Kier alpha value is -1.44. The number of primary amides is 1. The van der Waals surface area contributed by atoms with Crippen molar-refractivity contribution >= 4 is 15.9 Å². The molecule has 2 N–H and O–H groups in total. The lowest BCUT2D eigenvalue weighted by Gasteiger charge is -2.26. The van der Waals surface area contributed by atoms with Gasteiger partial charge in [-0.25, -0.2) is 8.42 Å². The van der Waals surface area contributed by atoms with Crippen LogP contribution in [-0.4, -0.2) is 44.9 Å². The van der Waals surface area contributed by atoms with Crippen LogP contribution in [0.3, 0.4) is 0 Å². The Labute approximate surface area is 105 Å². The van der Waals surface area contributed by atoms with Crippen LogP contribution in [0.1, 0.15) is 10.4 Å². The van der Waals surface area contributed by atoms with Crippen LogP contribution in [0.15, 0.2) is 29.2 Å². The molecule has 1 amide bonds. The van der Waals surface area contributed by atoms with Gasteiger partial charge in [0.25, 0.3) is 0 Å². The minimum atomic E-state index is -3.50. The summed E-state index contributed by atoms with van der Waals surface area (Å²) in [6.45, 7) is 1.50. The fourth-order valence-corrected chi connectivity index (χ4v) is 3.14. The predicted octanol–water partition coefficient (Wildman–Crippen LogP) is -0.194. The molecular formula is C11H14N2O4S. The Balaban J connectivity index is 2.26. The molecule has 1 heterocycles. The molecule has 1 fully saturated rings. The second-order valence-electron chi connectivity index (χ2n) is 3.91. The maximum Gasteiger partial charge on any atom is 0.248 e. The van der Waals surface area contributed by atoms with Gasteiger partial charge in [-0.05, 0) is 24.3 Å². The normalized spacial score (nSPS) is 17.6. The van der Waals surface area contributed by atoms with E-state index in [1.165, 1.54) is 28.6 Å². The Morgan fingerprint density at radius 1 is 1.17 bits per heavy atom. The van der Waals surface area contributed by atoms with Crippen molar-refractivity contribution in [3.63, 3.8) is 0 Å². The first-order valence-electron chi connectivity index (χ1n) is 5.49. The van der Waals surface area contributed by atoms with Gasteiger partial charge in [0.15, 0.2) is 0 Å². The second-order valence-corrected chi connectivity index (χ2v) is 5.84. The first-order valence-corrected chi connectivity index (χ1v) is 6.93. The molecule has 98 valence electrons. The number of nitrogens with zero attached hydrogens (tertiary/aromatic N) is 1. The number of amides is 1. The van der Waals surface area contributed by atoms with Gasteiger partial charge in [-0.15, -0.1) is 0 Å². The van der Waals surface area contributed by atoms with E-state index in [4.69, 9.17) is 10.5 Å². The van der Waals surface area contributed by atoms with Gasteiger partial charge < -0.3 is 10.5 Å². The SMILES string of the molecule is NC(=O)c1ccc(S(=O)(=O)N2CCOCC2)cc1. The van der Waals surface area contributed by atoms with Crippen LogP contribution in [0, 0.1) is 0 Å². The number of hydrogen-bond acceptors (Lipinski definition) is 4.